The Labute approximate surface area is 127 Å². The monoisotopic (exact) mass is 300 g/mol. The summed E-state index contributed by atoms with van der Waals surface area (Å²) in [6, 6.07) is 5.32. The maximum absolute atomic E-state index is 12.4. The fourth-order valence-corrected chi connectivity index (χ4v) is 2.89. The van der Waals surface area contributed by atoms with Gasteiger partial charge in [-0.1, -0.05) is 0 Å². The van der Waals surface area contributed by atoms with Gasteiger partial charge in [-0.3, -0.25) is 4.79 Å². The average Bonchev–Trinajstić information content (AvgIpc) is 3.13. The van der Waals surface area contributed by atoms with Crippen LogP contribution in [0.5, 0.6) is 11.5 Å². The number of hydrogen-bond acceptors (Lipinski definition) is 5. The molecule has 0 saturated heterocycles. The number of amides is 1. The van der Waals surface area contributed by atoms with E-state index in [1.54, 1.807) is 18.2 Å². The summed E-state index contributed by atoms with van der Waals surface area (Å²) < 4.78 is 12.6. The normalized spacial score (nSPS) is 18.9. The van der Waals surface area contributed by atoms with Gasteiger partial charge >= 0.3 is 0 Å². The summed E-state index contributed by atoms with van der Waals surface area (Å²) in [6.07, 6.45) is 1.70. The Balaban J connectivity index is 1.48. The second kappa shape index (κ2) is 5.01. The number of carbonyl (C=O) groups excluding carboxylic acids is 1. The van der Waals surface area contributed by atoms with Crippen molar-refractivity contribution in [2.45, 2.75) is 32.4 Å². The van der Waals surface area contributed by atoms with Gasteiger partial charge in [0.1, 0.15) is 11.6 Å². The van der Waals surface area contributed by atoms with Gasteiger partial charge in [-0.2, -0.15) is 0 Å². The molecule has 3 heterocycles. The van der Waals surface area contributed by atoms with Gasteiger partial charge in [-0.05, 0) is 31.5 Å². The van der Waals surface area contributed by atoms with Crippen molar-refractivity contribution in [1.29, 1.82) is 0 Å². The van der Waals surface area contributed by atoms with Gasteiger partial charge < -0.3 is 19.4 Å². The molecule has 0 fully saturated rings. The second-order valence-corrected chi connectivity index (χ2v) is 5.55. The molecule has 0 aliphatic carbocycles. The van der Waals surface area contributed by atoms with Gasteiger partial charge in [0.2, 0.25) is 6.79 Å². The van der Waals surface area contributed by atoms with E-state index in [2.05, 4.69) is 20.1 Å². The van der Waals surface area contributed by atoms with E-state index in [1.165, 1.54) is 0 Å². The number of nitrogens with one attached hydrogen (secondary N) is 1. The van der Waals surface area contributed by atoms with Gasteiger partial charge in [0.25, 0.3) is 5.91 Å². The summed E-state index contributed by atoms with van der Waals surface area (Å²) in [5.74, 6) is 3.08. The van der Waals surface area contributed by atoms with E-state index in [-0.39, 0.29) is 18.7 Å². The van der Waals surface area contributed by atoms with Crippen LogP contribution >= 0.6 is 0 Å². The van der Waals surface area contributed by atoms with Crippen molar-refractivity contribution in [2.75, 3.05) is 6.79 Å². The van der Waals surface area contributed by atoms with Gasteiger partial charge in [-0.25, -0.2) is 0 Å². The molecular weight excluding hydrogens is 284 g/mol. The smallest absolute Gasteiger partial charge is 0.251 e. The molecule has 2 aromatic rings. The van der Waals surface area contributed by atoms with Crippen LogP contribution in [0.4, 0.5) is 0 Å². The summed E-state index contributed by atoms with van der Waals surface area (Å²) in [4.78, 5) is 12.4. The van der Waals surface area contributed by atoms with Crippen molar-refractivity contribution in [3.8, 4) is 11.5 Å². The molecule has 0 bridgehead atoms. The molecule has 4 rings (SSSR count). The number of aryl methyl sites for hydroxylation is 2. The highest BCUT2D eigenvalue weighted by Gasteiger charge is 2.24. The fourth-order valence-electron chi connectivity index (χ4n) is 2.89. The highest BCUT2D eigenvalue weighted by molar-refractivity contribution is 5.95. The molecule has 7 nitrogen and oxygen atoms in total. The molecule has 0 radical (unpaired) electrons. The minimum atomic E-state index is -0.0996. The first kappa shape index (κ1) is 13.1. The SMILES string of the molecule is Cc1nnc2n1C[C@H](NC(=O)c1ccc3c(c1)OCO3)CC2. The molecule has 114 valence electrons. The van der Waals surface area contributed by atoms with E-state index in [9.17, 15) is 4.79 Å². The molecule has 0 saturated carbocycles. The number of benzene rings is 1. The number of hydrogen-bond donors (Lipinski definition) is 1. The van der Waals surface area contributed by atoms with E-state index in [1.807, 2.05) is 6.92 Å². The minimum Gasteiger partial charge on any atom is -0.454 e. The Morgan fingerprint density at radius 2 is 2.18 bits per heavy atom. The standard InChI is InChI=1S/C15H16N4O3/c1-9-17-18-14-5-3-11(7-19(9)14)16-15(20)10-2-4-12-13(6-10)22-8-21-12/h2,4,6,11H,3,5,7-8H2,1H3,(H,16,20)/t11-/m1/s1. The van der Waals surface area contributed by atoms with Crippen molar-refractivity contribution in [2.24, 2.45) is 0 Å². The molecule has 1 aromatic carbocycles. The molecule has 2 aliphatic rings. The zero-order valence-electron chi connectivity index (χ0n) is 12.2. The molecule has 7 heteroatoms. The van der Waals surface area contributed by atoms with Crippen LogP contribution in [-0.4, -0.2) is 33.5 Å². The van der Waals surface area contributed by atoms with E-state index < -0.39 is 0 Å². The van der Waals surface area contributed by atoms with Crippen molar-refractivity contribution in [3.63, 3.8) is 0 Å². The van der Waals surface area contributed by atoms with Crippen LogP contribution in [0.3, 0.4) is 0 Å². The van der Waals surface area contributed by atoms with E-state index in [0.717, 1.165) is 24.5 Å². The van der Waals surface area contributed by atoms with Crippen LogP contribution in [0, 0.1) is 6.92 Å². The number of nitrogens with zero attached hydrogens (tertiary/aromatic N) is 3. The predicted molar refractivity (Wildman–Crippen MR) is 76.9 cm³/mol. The van der Waals surface area contributed by atoms with Crippen LogP contribution in [-0.2, 0) is 13.0 Å². The third-order valence-electron chi connectivity index (χ3n) is 4.10. The van der Waals surface area contributed by atoms with Gasteiger partial charge in [0.15, 0.2) is 11.5 Å². The lowest BCUT2D eigenvalue weighted by Gasteiger charge is -2.25. The Bertz CT molecular complexity index is 740. The van der Waals surface area contributed by atoms with Crippen molar-refractivity contribution in [3.05, 3.63) is 35.4 Å². The molecule has 2 aliphatic heterocycles. The Morgan fingerprint density at radius 3 is 3.09 bits per heavy atom. The quantitative estimate of drug-likeness (QED) is 0.897. The topological polar surface area (TPSA) is 78.3 Å². The molecule has 1 aromatic heterocycles. The van der Waals surface area contributed by atoms with Crippen LogP contribution in [0.25, 0.3) is 0 Å². The van der Waals surface area contributed by atoms with Crippen molar-refractivity contribution in [1.82, 2.24) is 20.1 Å². The zero-order valence-corrected chi connectivity index (χ0v) is 12.2. The number of fused-ring (bicyclic) bond motifs is 2. The number of aromatic nitrogens is 3. The van der Waals surface area contributed by atoms with Crippen LogP contribution in [0.15, 0.2) is 18.2 Å². The highest BCUT2D eigenvalue weighted by Crippen LogP contribution is 2.32. The first-order valence-corrected chi connectivity index (χ1v) is 7.30. The van der Waals surface area contributed by atoms with Crippen LogP contribution in [0.1, 0.15) is 28.4 Å². The number of rotatable bonds is 2. The summed E-state index contributed by atoms with van der Waals surface area (Å²) in [5.41, 5.74) is 0.579. The van der Waals surface area contributed by atoms with Gasteiger partial charge in [0, 0.05) is 24.6 Å². The molecule has 0 unspecified atom stereocenters. The predicted octanol–water partition coefficient (Wildman–Crippen LogP) is 1.06. The van der Waals surface area contributed by atoms with Crippen LogP contribution < -0.4 is 14.8 Å². The lowest BCUT2D eigenvalue weighted by Crippen LogP contribution is -2.41. The Morgan fingerprint density at radius 1 is 1.32 bits per heavy atom. The molecule has 1 N–H and O–H groups in total. The highest BCUT2D eigenvalue weighted by atomic mass is 16.7. The summed E-state index contributed by atoms with van der Waals surface area (Å²) in [7, 11) is 0. The third kappa shape index (κ3) is 2.18. The number of ether oxygens (including phenoxy) is 2. The largest absolute Gasteiger partial charge is 0.454 e. The molecule has 1 atom stereocenters. The van der Waals surface area contributed by atoms with Gasteiger partial charge in [-0.15, -0.1) is 10.2 Å². The first-order valence-electron chi connectivity index (χ1n) is 7.30. The lowest BCUT2D eigenvalue weighted by molar-refractivity contribution is 0.0927. The van der Waals surface area contributed by atoms with Crippen LogP contribution in [0.2, 0.25) is 0 Å². The first-order chi connectivity index (χ1) is 10.7. The molecule has 1 amide bonds. The average molecular weight is 300 g/mol. The zero-order chi connectivity index (χ0) is 15.1. The van der Waals surface area contributed by atoms with E-state index in [4.69, 9.17) is 9.47 Å². The minimum absolute atomic E-state index is 0.0834. The maximum atomic E-state index is 12.4. The Hall–Kier alpha value is -2.57. The van der Waals surface area contributed by atoms with E-state index >= 15 is 0 Å². The Kier molecular flexibility index (Phi) is 2.99. The number of carbonyl (C=O) groups is 1. The van der Waals surface area contributed by atoms with Crippen molar-refractivity contribution < 1.29 is 14.3 Å². The lowest BCUT2D eigenvalue weighted by atomic mass is 10.1. The molecular formula is C15H16N4O3. The summed E-state index contributed by atoms with van der Waals surface area (Å²) in [6.45, 7) is 2.85. The summed E-state index contributed by atoms with van der Waals surface area (Å²) >= 11 is 0. The third-order valence-corrected chi connectivity index (χ3v) is 4.10. The second-order valence-electron chi connectivity index (χ2n) is 5.55. The fraction of sp³-hybridized carbons (Fsp3) is 0.400. The maximum Gasteiger partial charge on any atom is 0.251 e. The van der Waals surface area contributed by atoms with E-state index in [0.29, 0.717) is 23.6 Å². The molecule has 22 heavy (non-hydrogen) atoms. The van der Waals surface area contributed by atoms with Crippen molar-refractivity contribution >= 4 is 5.91 Å². The summed E-state index contributed by atoms with van der Waals surface area (Å²) in [5, 5.41) is 11.3. The van der Waals surface area contributed by atoms with Gasteiger partial charge in [0.05, 0.1) is 0 Å². The molecule has 0 spiro atoms.